The van der Waals surface area contributed by atoms with Gasteiger partial charge in [0.1, 0.15) is 5.75 Å². The smallest absolute Gasteiger partial charge is 0.115 e. The molecular weight excluding hydrogens is 250 g/mol. The molecule has 2 aliphatic rings. The van der Waals surface area contributed by atoms with Crippen LogP contribution in [0.2, 0.25) is 0 Å². The predicted molar refractivity (Wildman–Crippen MR) is 79.9 cm³/mol. The Labute approximate surface area is 121 Å². The van der Waals surface area contributed by atoms with E-state index in [2.05, 4.69) is 11.4 Å². The highest BCUT2D eigenvalue weighted by Crippen LogP contribution is 2.48. The summed E-state index contributed by atoms with van der Waals surface area (Å²) in [7, 11) is 1.78. The molecule has 2 N–H and O–H groups in total. The summed E-state index contributed by atoms with van der Waals surface area (Å²) in [5, 5.41) is 13.5. The van der Waals surface area contributed by atoms with Crippen LogP contribution >= 0.6 is 0 Å². The van der Waals surface area contributed by atoms with Gasteiger partial charge >= 0.3 is 0 Å². The lowest BCUT2D eigenvalue weighted by atomic mass is 9.87. The first-order chi connectivity index (χ1) is 9.72. The number of benzene rings is 1. The van der Waals surface area contributed by atoms with Crippen molar-refractivity contribution in [3.05, 3.63) is 29.3 Å². The van der Waals surface area contributed by atoms with Crippen LogP contribution in [0.1, 0.15) is 49.3 Å². The zero-order valence-corrected chi connectivity index (χ0v) is 12.3. The van der Waals surface area contributed by atoms with E-state index in [1.807, 2.05) is 12.1 Å². The van der Waals surface area contributed by atoms with Crippen LogP contribution in [-0.4, -0.2) is 25.4 Å². The number of fused-ring (bicyclic) bond motifs is 1. The molecule has 1 fully saturated rings. The maximum Gasteiger partial charge on any atom is 0.115 e. The van der Waals surface area contributed by atoms with Crippen molar-refractivity contribution >= 4 is 0 Å². The van der Waals surface area contributed by atoms with Gasteiger partial charge in [0.05, 0.1) is 0 Å². The van der Waals surface area contributed by atoms with Crippen molar-refractivity contribution in [2.24, 2.45) is 5.41 Å². The van der Waals surface area contributed by atoms with Crippen molar-refractivity contribution in [2.75, 3.05) is 20.3 Å². The van der Waals surface area contributed by atoms with Crippen LogP contribution in [0.5, 0.6) is 5.75 Å². The second kappa shape index (κ2) is 5.74. The normalized spacial score (nSPS) is 23.4. The molecule has 3 heteroatoms. The van der Waals surface area contributed by atoms with Crippen molar-refractivity contribution in [3.63, 3.8) is 0 Å². The maximum absolute atomic E-state index is 9.72. The Balaban J connectivity index is 1.63. The fraction of sp³-hybridized carbons (Fsp3) is 0.647. The quantitative estimate of drug-likeness (QED) is 0.838. The Morgan fingerprint density at radius 1 is 1.40 bits per heavy atom. The highest BCUT2D eigenvalue weighted by molar-refractivity contribution is 5.38. The van der Waals surface area contributed by atoms with Gasteiger partial charge in [0, 0.05) is 26.3 Å². The molecule has 1 atom stereocenters. The zero-order chi connectivity index (χ0) is 14.0. The molecule has 0 radical (unpaired) electrons. The Hall–Kier alpha value is -1.06. The van der Waals surface area contributed by atoms with E-state index in [0.717, 1.165) is 26.0 Å². The molecule has 1 unspecified atom stereocenters. The summed E-state index contributed by atoms with van der Waals surface area (Å²) in [6.07, 6.45) is 7.36. The van der Waals surface area contributed by atoms with E-state index in [4.69, 9.17) is 4.74 Å². The van der Waals surface area contributed by atoms with Gasteiger partial charge in [-0.15, -0.1) is 0 Å². The van der Waals surface area contributed by atoms with Gasteiger partial charge in [-0.25, -0.2) is 0 Å². The van der Waals surface area contributed by atoms with Gasteiger partial charge in [0.25, 0.3) is 0 Å². The minimum atomic E-state index is 0.387. The van der Waals surface area contributed by atoms with E-state index in [9.17, 15) is 5.11 Å². The number of phenols is 1. The molecule has 0 spiro atoms. The van der Waals surface area contributed by atoms with Crippen LogP contribution in [0.4, 0.5) is 0 Å². The molecule has 3 nitrogen and oxygen atoms in total. The van der Waals surface area contributed by atoms with Crippen LogP contribution in [-0.2, 0) is 11.2 Å². The molecule has 0 bridgehead atoms. The Kier molecular flexibility index (Phi) is 3.99. The van der Waals surface area contributed by atoms with Crippen LogP contribution < -0.4 is 5.32 Å². The van der Waals surface area contributed by atoms with Crippen molar-refractivity contribution < 1.29 is 9.84 Å². The van der Waals surface area contributed by atoms with Crippen molar-refractivity contribution in [2.45, 2.75) is 44.6 Å². The summed E-state index contributed by atoms with van der Waals surface area (Å²) in [5.41, 5.74) is 3.18. The SMILES string of the molecule is COCCC1(CNC2CCCc3ccc(O)cc32)CC1. The van der Waals surface area contributed by atoms with Crippen LogP contribution in [0.3, 0.4) is 0 Å². The van der Waals surface area contributed by atoms with Gasteiger partial charge < -0.3 is 15.2 Å². The number of methoxy groups -OCH3 is 1. The van der Waals surface area contributed by atoms with Crippen molar-refractivity contribution in [1.29, 1.82) is 0 Å². The zero-order valence-electron chi connectivity index (χ0n) is 12.3. The third kappa shape index (κ3) is 2.99. The van der Waals surface area contributed by atoms with E-state index >= 15 is 0 Å². The first kappa shape index (κ1) is 13.9. The lowest BCUT2D eigenvalue weighted by molar-refractivity contribution is 0.169. The molecule has 0 aliphatic heterocycles. The molecular formula is C17H25NO2. The number of phenolic OH excluding ortho intramolecular Hbond substituents is 1. The molecule has 110 valence electrons. The van der Waals surface area contributed by atoms with Crippen LogP contribution in [0.25, 0.3) is 0 Å². The first-order valence-corrected chi connectivity index (χ1v) is 7.77. The van der Waals surface area contributed by atoms with Crippen LogP contribution in [0.15, 0.2) is 18.2 Å². The molecule has 0 aromatic heterocycles. The minimum absolute atomic E-state index is 0.387. The monoisotopic (exact) mass is 275 g/mol. The maximum atomic E-state index is 9.72. The third-order valence-corrected chi connectivity index (χ3v) is 4.96. The summed E-state index contributed by atoms with van der Waals surface area (Å²) in [5.74, 6) is 0.387. The lowest BCUT2D eigenvalue weighted by Crippen LogP contribution is -2.31. The van der Waals surface area contributed by atoms with E-state index < -0.39 is 0 Å². The highest BCUT2D eigenvalue weighted by Gasteiger charge is 2.42. The van der Waals surface area contributed by atoms with Gasteiger partial charge in [-0.1, -0.05) is 6.07 Å². The number of aromatic hydroxyl groups is 1. The van der Waals surface area contributed by atoms with E-state index in [1.54, 1.807) is 7.11 Å². The molecule has 20 heavy (non-hydrogen) atoms. The number of rotatable bonds is 6. The van der Waals surface area contributed by atoms with Crippen molar-refractivity contribution in [1.82, 2.24) is 5.32 Å². The molecule has 0 amide bonds. The number of aryl methyl sites for hydroxylation is 1. The Morgan fingerprint density at radius 2 is 2.25 bits per heavy atom. The average molecular weight is 275 g/mol. The molecule has 1 saturated carbocycles. The topological polar surface area (TPSA) is 41.5 Å². The predicted octanol–water partition coefficient (Wildman–Crippen LogP) is 3.18. The summed E-state index contributed by atoms with van der Waals surface area (Å²) >= 11 is 0. The minimum Gasteiger partial charge on any atom is -0.508 e. The van der Waals surface area contributed by atoms with Gasteiger partial charge in [0.15, 0.2) is 0 Å². The number of ether oxygens (including phenoxy) is 1. The fourth-order valence-corrected chi connectivity index (χ4v) is 3.35. The van der Waals surface area contributed by atoms with Gasteiger partial charge in [0.2, 0.25) is 0 Å². The van der Waals surface area contributed by atoms with Gasteiger partial charge in [-0.2, -0.15) is 0 Å². The first-order valence-electron chi connectivity index (χ1n) is 7.77. The number of hydrogen-bond donors (Lipinski definition) is 2. The molecule has 1 aromatic rings. The lowest BCUT2D eigenvalue weighted by Gasteiger charge is -2.28. The Morgan fingerprint density at radius 3 is 3.00 bits per heavy atom. The summed E-state index contributed by atoms with van der Waals surface area (Å²) in [6, 6.07) is 6.24. The summed E-state index contributed by atoms with van der Waals surface area (Å²) in [6.45, 7) is 1.94. The Bertz CT molecular complexity index is 468. The molecule has 3 rings (SSSR count). The van der Waals surface area contributed by atoms with Gasteiger partial charge in [-0.05, 0) is 67.2 Å². The van der Waals surface area contributed by atoms with E-state index in [0.29, 0.717) is 17.2 Å². The average Bonchev–Trinajstić information content (AvgIpc) is 3.23. The van der Waals surface area contributed by atoms with E-state index in [-0.39, 0.29) is 0 Å². The standard InChI is InChI=1S/C17H25NO2/c1-20-10-9-17(7-8-17)12-18-16-4-2-3-13-5-6-14(19)11-15(13)16/h5-6,11,16,18-19H,2-4,7-10,12H2,1H3. The number of nitrogens with one attached hydrogen (secondary N) is 1. The molecule has 0 saturated heterocycles. The molecule has 2 aliphatic carbocycles. The summed E-state index contributed by atoms with van der Waals surface area (Å²) in [4.78, 5) is 0. The second-order valence-corrected chi connectivity index (χ2v) is 6.45. The largest absolute Gasteiger partial charge is 0.508 e. The van der Waals surface area contributed by atoms with Crippen molar-refractivity contribution in [3.8, 4) is 5.75 Å². The number of hydrogen-bond acceptors (Lipinski definition) is 3. The summed E-state index contributed by atoms with van der Waals surface area (Å²) < 4.78 is 5.22. The molecule has 0 heterocycles. The fourth-order valence-electron chi connectivity index (χ4n) is 3.35. The van der Waals surface area contributed by atoms with Crippen LogP contribution in [0, 0.1) is 5.41 Å². The molecule has 1 aromatic carbocycles. The highest BCUT2D eigenvalue weighted by atomic mass is 16.5. The second-order valence-electron chi connectivity index (χ2n) is 6.45. The third-order valence-electron chi connectivity index (χ3n) is 4.96. The van der Waals surface area contributed by atoms with Gasteiger partial charge in [-0.3, -0.25) is 0 Å². The van der Waals surface area contributed by atoms with E-state index in [1.165, 1.54) is 36.8 Å².